The Morgan fingerprint density at radius 2 is 2.27 bits per heavy atom. The monoisotopic (exact) mass is 247 g/mol. The van der Waals surface area contributed by atoms with E-state index in [4.69, 9.17) is 11.6 Å². The average molecular weight is 248 g/mol. The summed E-state index contributed by atoms with van der Waals surface area (Å²) in [4.78, 5) is 10.9. The molecule has 5 heteroatoms. The third kappa shape index (κ3) is 3.39. The van der Waals surface area contributed by atoms with Crippen LogP contribution in [0, 0.1) is 12.7 Å². The number of aryl methyl sites for hydroxylation is 1. The molecule has 0 aliphatic heterocycles. The van der Waals surface area contributed by atoms with Crippen LogP contribution < -0.4 is 5.32 Å². The second kappa shape index (κ2) is 5.37. The third-order valence-electron chi connectivity index (χ3n) is 1.95. The smallest absolute Gasteiger partial charge is 0.229 e. The van der Waals surface area contributed by atoms with Gasteiger partial charge in [0.2, 0.25) is 5.91 Å². The number of rotatable bonds is 3. The maximum absolute atomic E-state index is 13.2. The average Bonchev–Trinajstić information content (AvgIpc) is 2.21. The molecule has 0 saturated heterocycles. The Bertz CT molecular complexity index is 384. The maximum Gasteiger partial charge on any atom is 0.229 e. The van der Waals surface area contributed by atoms with Crippen molar-refractivity contribution >= 4 is 30.1 Å². The van der Waals surface area contributed by atoms with Crippen molar-refractivity contribution in [1.29, 1.82) is 0 Å². The van der Waals surface area contributed by atoms with E-state index in [0.29, 0.717) is 16.1 Å². The highest BCUT2D eigenvalue weighted by molar-refractivity contribution is 7.81. The standard InChI is InChI=1S/C10H11ClFNOS/c1-6-2-8(11)7(3-9(6)12)4-13-10(14)5-15/h2-3,15H,4-5H2,1H3,(H,13,14). The minimum absolute atomic E-state index is 0.103. The van der Waals surface area contributed by atoms with E-state index < -0.39 is 0 Å². The number of benzene rings is 1. The molecule has 1 rings (SSSR count). The summed E-state index contributed by atoms with van der Waals surface area (Å²) < 4.78 is 13.2. The molecule has 15 heavy (non-hydrogen) atoms. The van der Waals surface area contributed by atoms with E-state index >= 15 is 0 Å². The first kappa shape index (κ1) is 12.3. The molecule has 1 aromatic carbocycles. The van der Waals surface area contributed by atoms with Crippen LogP contribution in [0.15, 0.2) is 12.1 Å². The van der Waals surface area contributed by atoms with E-state index in [1.165, 1.54) is 6.07 Å². The fourth-order valence-corrected chi connectivity index (χ4v) is 1.47. The normalized spacial score (nSPS) is 10.1. The fourth-order valence-electron chi connectivity index (χ4n) is 1.07. The number of hydrogen-bond donors (Lipinski definition) is 2. The first-order chi connectivity index (χ1) is 7.04. The second-order valence-corrected chi connectivity index (χ2v) is 3.85. The van der Waals surface area contributed by atoms with Gasteiger partial charge in [-0.3, -0.25) is 4.79 Å². The summed E-state index contributed by atoms with van der Waals surface area (Å²) in [7, 11) is 0. The number of hydrogen-bond acceptors (Lipinski definition) is 2. The molecule has 0 aliphatic carbocycles. The van der Waals surface area contributed by atoms with Crippen LogP contribution in [0.25, 0.3) is 0 Å². The molecule has 0 spiro atoms. The number of carbonyl (C=O) groups excluding carboxylic acids is 1. The van der Waals surface area contributed by atoms with E-state index in [9.17, 15) is 9.18 Å². The number of nitrogens with one attached hydrogen (secondary N) is 1. The van der Waals surface area contributed by atoms with Crippen molar-refractivity contribution in [2.75, 3.05) is 5.75 Å². The zero-order chi connectivity index (χ0) is 11.4. The van der Waals surface area contributed by atoms with Crippen molar-refractivity contribution < 1.29 is 9.18 Å². The van der Waals surface area contributed by atoms with Gasteiger partial charge in [0.05, 0.1) is 5.75 Å². The van der Waals surface area contributed by atoms with Gasteiger partial charge >= 0.3 is 0 Å². The maximum atomic E-state index is 13.2. The van der Waals surface area contributed by atoms with Crippen molar-refractivity contribution in [1.82, 2.24) is 5.32 Å². The molecule has 1 aromatic rings. The molecule has 0 radical (unpaired) electrons. The lowest BCUT2D eigenvalue weighted by molar-refractivity contribution is -0.118. The second-order valence-electron chi connectivity index (χ2n) is 3.13. The molecule has 0 unspecified atom stereocenters. The highest BCUT2D eigenvalue weighted by Crippen LogP contribution is 2.20. The Morgan fingerprint density at radius 3 is 2.87 bits per heavy atom. The van der Waals surface area contributed by atoms with Crippen molar-refractivity contribution in [2.45, 2.75) is 13.5 Å². The van der Waals surface area contributed by atoms with Gasteiger partial charge in [0.15, 0.2) is 0 Å². The van der Waals surface area contributed by atoms with Crippen LogP contribution in [0.3, 0.4) is 0 Å². The number of halogens is 2. The van der Waals surface area contributed by atoms with Gasteiger partial charge in [0.1, 0.15) is 5.82 Å². The molecule has 0 atom stereocenters. The van der Waals surface area contributed by atoms with E-state index in [1.54, 1.807) is 13.0 Å². The Labute approximate surface area is 98.2 Å². The van der Waals surface area contributed by atoms with Gasteiger partial charge in [-0.15, -0.1) is 0 Å². The largest absolute Gasteiger partial charge is 0.351 e. The Morgan fingerprint density at radius 1 is 1.60 bits per heavy atom. The number of carbonyl (C=O) groups is 1. The summed E-state index contributed by atoms with van der Waals surface area (Å²) in [5.41, 5.74) is 1.05. The molecule has 0 heterocycles. The SMILES string of the molecule is Cc1cc(Cl)c(CNC(=O)CS)cc1F. The summed E-state index contributed by atoms with van der Waals surface area (Å²) in [5, 5.41) is 3.02. The van der Waals surface area contributed by atoms with Crippen molar-refractivity contribution in [3.63, 3.8) is 0 Å². The highest BCUT2D eigenvalue weighted by Gasteiger charge is 2.06. The molecular weight excluding hydrogens is 237 g/mol. The molecule has 0 fully saturated rings. The van der Waals surface area contributed by atoms with Crippen molar-refractivity contribution in [2.24, 2.45) is 0 Å². The molecule has 1 amide bonds. The van der Waals surface area contributed by atoms with Gasteiger partial charge in [-0.05, 0) is 30.2 Å². The van der Waals surface area contributed by atoms with Crippen LogP contribution in [0.5, 0.6) is 0 Å². The van der Waals surface area contributed by atoms with Gasteiger partial charge in [0.25, 0.3) is 0 Å². The van der Waals surface area contributed by atoms with Gasteiger partial charge in [-0.1, -0.05) is 11.6 Å². The van der Waals surface area contributed by atoms with Crippen LogP contribution in [0.4, 0.5) is 4.39 Å². The lowest BCUT2D eigenvalue weighted by atomic mass is 10.1. The molecule has 2 nitrogen and oxygen atoms in total. The van der Waals surface area contributed by atoms with Gasteiger partial charge in [0, 0.05) is 11.6 Å². The Kier molecular flexibility index (Phi) is 4.42. The Hall–Kier alpha value is -0.740. The Balaban J connectivity index is 2.77. The third-order valence-corrected chi connectivity index (χ3v) is 2.59. The molecule has 82 valence electrons. The van der Waals surface area contributed by atoms with Crippen LogP contribution in [-0.4, -0.2) is 11.7 Å². The van der Waals surface area contributed by atoms with Crippen LogP contribution in [-0.2, 0) is 11.3 Å². The summed E-state index contributed by atoms with van der Waals surface area (Å²) in [6.07, 6.45) is 0. The van der Waals surface area contributed by atoms with E-state index in [-0.39, 0.29) is 24.0 Å². The first-order valence-electron chi connectivity index (χ1n) is 4.36. The van der Waals surface area contributed by atoms with Crippen molar-refractivity contribution in [3.8, 4) is 0 Å². The topological polar surface area (TPSA) is 29.1 Å². The summed E-state index contributed by atoms with van der Waals surface area (Å²) in [6.45, 7) is 1.85. The summed E-state index contributed by atoms with van der Waals surface area (Å²) in [5.74, 6) is -0.434. The van der Waals surface area contributed by atoms with Gasteiger partial charge in [-0.25, -0.2) is 4.39 Å². The minimum Gasteiger partial charge on any atom is -0.351 e. The fraction of sp³-hybridized carbons (Fsp3) is 0.300. The molecule has 0 aliphatic rings. The van der Waals surface area contributed by atoms with Gasteiger partial charge in [-0.2, -0.15) is 12.6 Å². The van der Waals surface area contributed by atoms with E-state index in [0.717, 1.165) is 0 Å². The lowest BCUT2D eigenvalue weighted by Crippen LogP contribution is -2.23. The predicted octanol–water partition coefficient (Wildman–Crippen LogP) is 2.33. The molecule has 1 N–H and O–H groups in total. The van der Waals surface area contributed by atoms with E-state index in [2.05, 4.69) is 17.9 Å². The van der Waals surface area contributed by atoms with E-state index in [1.807, 2.05) is 0 Å². The molecule has 0 bridgehead atoms. The molecule has 0 saturated carbocycles. The highest BCUT2D eigenvalue weighted by atomic mass is 35.5. The first-order valence-corrected chi connectivity index (χ1v) is 5.37. The molecule has 0 aromatic heterocycles. The quantitative estimate of drug-likeness (QED) is 0.789. The number of amides is 1. The van der Waals surface area contributed by atoms with Gasteiger partial charge < -0.3 is 5.32 Å². The van der Waals surface area contributed by atoms with Crippen LogP contribution in [0.1, 0.15) is 11.1 Å². The lowest BCUT2D eigenvalue weighted by Gasteiger charge is -2.07. The zero-order valence-electron chi connectivity index (χ0n) is 8.18. The van der Waals surface area contributed by atoms with Crippen molar-refractivity contribution in [3.05, 3.63) is 34.1 Å². The summed E-state index contributed by atoms with van der Waals surface area (Å²) >= 11 is 9.70. The molecular formula is C10H11ClFNOS. The van der Waals surface area contributed by atoms with Crippen LogP contribution in [0.2, 0.25) is 5.02 Å². The minimum atomic E-state index is -0.325. The predicted molar refractivity (Wildman–Crippen MR) is 61.8 cm³/mol. The number of thiol groups is 1. The summed E-state index contributed by atoms with van der Waals surface area (Å²) in [6, 6.07) is 2.87. The zero-order valence-corrected chi connectivity index (χ0v) is 9.83. The van der Waals surface area contributed by atoms with Crippen LogP contribution >= 0.6 is 24.2 Å².